The molecule has 2 rings (SSSR count). The van der Waals surface area contributed by atoms with E-state index in [1.54, 1.807) is 0 Å². The molecule has 0 bridgehead atoms. The van der Waals surface area contributed by atoms with Crippen molar-refractivity contribution in [1.82, 2.24) is 9.55 Å². The van der Waals surface area contributed by atoms with Crippen LogP contribution in [0, 0.1) is 6.92 Å². The molecular formula is C16H20N2. The third kappa shape index (κ3) is 2.53. The van der Waals surface area contributed by atoms with Crippen LogP contribution in [0.4, 0.5) is 0 Å². The maximum atomic E-state index is 4.67. The quantitative estimate of drug-likeness (QED) is 0.782. The minimum absolute atomic E-state index is 1.03. The van der Waals surface area contributed by atoms with Gasteiger partial charge in [-0.3, -0.25) is 0 Å². The molecular weight excluding hydrogens is 220 g/mol. The Hall–Kier alpha value is -1.83. The van der Waals surface area contributed by atoms with Gasteiger partial charge in [-0.15, -0.1) is 0 Å². The number of imidazole rings is 1. The highest BCUT2D eigenvalue weighted by atomic mass is 15.1. The Morgan fingerprint density at radius 3 is 2.61 bits per heavy atom. The van der Waals surface area contributed by atoms with Crippen molar-refractivity contribution in [3.8, 4) is 11.4 Å². The van der Waals surface area contributed by atoms with Crippen molar-refractivity contribution < 1.29 is 0 Å². The summed E-state index contributed by atoms with van der Waals surface area (Å²) in [6.45, 7) is 4.26. The van der Waals surface area contributed by atoms with E-state index in [0.29, 0.717) is 0 Å². The number of allylic oxidation sites excluding steroid dienone is 1. The van der Waals surface area contributed by atoms with Crippen molar-refractivity contribution in [2.75, 3.05) is 0 Å². The Morgan fingerprint density at radius 2 is 1.94 bits per heavy atom. The molecule has 18 heavy (non-hydrogen) atoms. The van der Waals surface area contributed by atoms with E-state index in [-0.39, 0.29) is 0 Å². The lowest BCUT2D eigenvalue weighted by Gasteiger charge is -2.03. The minimum atomic E-state index is 1.03. The first-order valence-corrected chi connectivity index (χ1v) is 6.49. The van der Waals surface area contributed by atoms with Crippen LogP contribution in [0.1, 0.15) is 31.2 Å². The third-order valence-electron chi connectivity index (χ3n) is 3.09. The Morgan fingerprint density at radius 1 is 1.22 bits per heavy atom. The van der Waals surface area contributed by atoms with Crippen molar-refractivity contribution in [2.24, 2.45) is 7.05 Å². The Kier molecular flexibility index (Phi) is 3.98. The second-order valence-corrected chi connectivity index (χ2v) is 4.52. The van der Waals surface area contributed by atoms with E-state index in [1.165, 1.54) is 17.7 Å². The van der Waals surface area contributed by atoms with Crippen molar-refractivity contribution in [1.29, 1.82) is 0 Å². The molecule has 0 N–H and O–H groups in total. The van der Waals surface area contributed by atoms with Crippen LogP contribution in [0.2, 0.25) is 0 Å². The summed E-state index contributed by atoms with van der Waals surface area (Å²) < 4.78 is 2.16. The number of hydrogen-bond acceptors (Lipinski definition) is 1. The van der Waals surface area contributed by atoms with E-state index in [9.17, 15) is 0 Å². The van der Waals surface area contributed by atoms with Gasteiger partial charge in [0.05, 0.1) is 11.4 Å². The van der Waals surface area contributed by atoms with Crippen LogP contribution in [0.25, 0.3) is 17.5 Å². The van der Waals surface area contributed by atoms with E-state index >= 15 is 0 Å². The number of aryl methyl sites for hydroxylation is 1. The molecule has 0 fully saturated rings. The summed E-state index contributed by atoms with van der Waals surface area (Å²) in [7, 11) is 2.08. The summed E-state index contributed by atoms with van der Waals surface area (Å²) in [5, 5.41) is 0. The zero-order chi connectivity index (χ0) is 13.0. The maximum absolute atomic E-state index is 4.67. The van der Waals surface area contributed by atoms with Crippen LogP contribution in [0.3, 0.4) is 0 Å². The van der Waals surface area contributed by atoms with Crippen LogP contribution in [-0.4, -0.2) is 9.55 Å². The molecule has 0 spiro atoms. The van der Waals surface area contributed by atoms with Crippen molar-refractivity contribution in [2.45, 2.75) is 26.7 Å². The lowest BCUT2D eigenvalue weighted by Crippen LogP contribution is -1.94. The number of rotatable bonds is 4. The Labute approximate surface area is 109 Å². The van der Waals surface area contributed by atoms with Gasteiger partial charge in [0.1, 0.15) is 5.82 Å². The summed E-state index contributed by atoms with van der Waals surface area (Å²) in [5.41, 5.74) is 3.45. The fourth-order valence-corrected chi connectivity index (χ4v) is 2.09. The lowest BCUT2D eigenvalue weighted by atomic mass is 10.2. The molecule has 0 unspecified atom stereocenters. The summed E-state index contributed by atoms with van der Waals surface area (Å²) in [5.74, 6) is 1.03. The SMILES string of the molecule is CCC/C=C\c1c(C)nc(-c2ccccc2)n1C. The summed E-state index contributed by atoms with van der Waals surface area (Å²) in [6, 6.07) is 10.3. The first-order valence-electron chi connectivity index (χ1n) is 6.49. The van der Waals surface area contributed by atoms with Gasteiger partial charge in [-0.1, -0.05) is 49.8 Å². The van der Waals surface area contributed by atoms with Crippen molar-refractivity contribution >= 4 is 6.08 Å². The van der Waals surface area contributed by atoms with Gasteiger partial charge in [-0.25, -0.2) is 4.98 Å². The predicted molar refractivity (Wildman–Crippen MR) is 77.3 cm³/mol. The molecule has 1 aromatic carbocycles. The second-order valence-electron chi connectivity index (χ2n) is 4.52. The molecule has 0 radical (unpaired) electrons. The smallest absolute Gasteiger partial charge is 0.140 e. The number of unbranched alkanes of at least 4 members (excludes halogenated alkanes) is 1. The number of aromatic nitrogens is 2. The molecule has 0 saturated heterocycles. The van der Waals surface area contributed by atoms with Gasteiger partial charge in [0.25, 0.3) is 0 Å². The summed E-state index contributed by atoms with van der Waals surface area (Å²) in [4.78, 5) is 4.67. The molecule has 0 atom stereocenters. The van der Waals surface area contributed by atoms with Gasteiger partial charge in [-0.2, -0.15) is 0 Å². The van der Waals surface area contributed by atoms with Gasteiger partial charge in [0, 0.05) is 12.6 Å². The molecule has 94 valence electrons. The van der Waals surface area contributed by atoms with Crippen molar-refractivity contribution in [3.63, 3.8) is 0 Å². The van der Waals surface area contributed by atoms with Gasteiger partial charge in [0.15, 0.2) is 0 Å². The lowest BCUT2D eigenvalue weighted by molar-refractivity contribution is 0.908. The number of hydrogen-bond donors (Lipinski definition) is 0. The van der Waals surface area contributed by atoms with Gasteiger partial charge >= 0.3 is 0 Å². The molecule has 0 aliphatic rings. The normalized spacial score (nSPS) is 11.3. The van der Waals surface area contributed by atoms with Crippen LogP contribution < -0.4 is 0 Å². The maximum Gasteiger partial charge on any atom is 0.140 e. The van der Waals surface area contributed by atoms with E-state index in [1.807, 2.05) is 18.2 Å². The first kappa shape index (κ1) is 12.6. The molecule has 2 heteroatoms. The zero-order valence-electron chi connectivity index (χ0n) is 11.4. The van der Waals surface area contributed by atoms with E-state index in [4.69, 9.17) is 0 Å². The monoisotopic (exact) mass is 240 g/mol. The summed E-state index contributed by atoms with van der Waals surface area (Å²) >= 11 is 0. The highest BCUT2D eigenvalue weighted by molar-refractivity contribution is 5.61. The highest BCUT2D eigenvalue weighted by Gasteiger charge is 2.10. The topological polar surface area (TPSA) is 17.8 Å². The number of nitrogens with zero attached hydrogens (tertiary/aromatic N) is 2. The van der Waals surface area contributed by atoms with Gasteiger partial charge in [0.2, 0.25) is 0 Å². The Bertz CT molecular complexity index is 536. The van der Waals surface area contributed by atoms with E-state index in [2.05, 4.69) is 54.7 Å². The fourth-order valence-electron chi connectivity index (χ4n) is 2.09. The van der Waals surface area contributed by atoms with Crippen LogP contribution in [-0.2, 0) is 7.05 Å². The molecule has 0 aliphatic heterocycles. The van der Waals surface area contributed by atoms with Gasteiger partial charge in [-0.05, 0) is 19.4 Å². The fraction of sp³-hybridized carbons (Fsp3) is 0.312. The van der Waals surface area contributed by atoms with Gasteiger partial charge < -0.3 is 4.57 Å². The molecule has 0 saturated carbocycles. The Balaban J connectivity index is 2.38. The van der Waals surface area contributed by atoms with Crippen LogP contribution >= 0.6 is 0 Å². The van der Waals surface area contributed by atoms with Crippen molar-refractivity contribution in [3.05, 3.63) is 47.8 Å². The first-order chi connectivity index (χ1) is 8.74. The van der Waals surface area contributed by atoms with E-state index < -0.39 is 0 Å². The summed E-state index contributed by atoms with van der Waals surface area (Å²) in [6.07, 6.45) is 6.70. The van der Waals surface area contributed by atoms with Crippen LogP contribution in [0.15, 0.2) is 36.4 Å². The second kappa shape index (κ2) is 5.67. The number of benzene rings is 1. The molecule has 2 aromatic rings. The zero-order valence-corrected chi connectivity index (χ0v) is 11.4. The minimum Gasteiger partial charge on any atom is -0.327 e. The molecule has 2 nitrogen and oxygen atoms in total. The highest BCUT2D eigenvalue weighted by Crippen LogP contribution is 2.21. The largest absolute Gasteiger partial charge is 0.327 e. The predicted octanol–water partition coefficient (Wildman–Crippen LogP) is 4.21. The molecule has 1 heterocycles. The average molecular weight is 240 g/mol. The molecule has 0 amide bonds. The standard InChI is InChI=1S/C16H20N2/c1-4-5-7-12-15-13(2)17-16(18(15)3)14-10-8-6-9-11-14/h6-12H,4-5H2,1-3H3/b12-7-. The molecule has 0 aliphatic carbocycles. The van der Waals surface area contributed by atoms with Crippen LogP contribution in [0.5, 0.6) is 0 Å². The third-order valence-corrected chi connectivity index (χ3v) is 3.09. The van der Waals surface area contributed by atoms with E-state index in [0.717, 1.165) is 17.9 Å². The average Bonchev–Trinajstić information content (AvgIpc) is 2.68. The molecule has 1 aromatic heterocycles.